The van der Waals surface area contributed by atoms with Gasteiger partial charge in [-0.3, -0.25) is 0 Å². The van der Waals surface area contributed by atoms with Crippen LogP contribution in [0.3, 0.4) is 0 Å². The van der Waals surface area contributed by atoms with Crippen LogP contribution in [0.1, 0.15) is 37.9 Å². The van der Waals surface area contributed by atoms with E-state index in [1.165, 1.54) is 6.92 Å². The van der Waals surface area contributed by atoms with Gasteiger partial charge in [0, 0.05) is 18.0 Å². The molecule has 1 aromatic carbocycles. The molecular formula is C15H20F3NO. The highest BCUT2D eigenvalue weighted by molar-refractivity contribution is 5.22. The molecule has 1 fully saturated rings. The molecule has 20 heavy (non-hydrogen) atoms. The summed E-state index contributed by atoms with van der Waals surface area (Å²) in [6, 6.07) is 8.66. The lowest BCUT2D eigenvalue weighted by Gasteiger charge is -2.25. The summed E-state index contributed by atoms with van der Waals surface area (Å²) < 4.78 is 36.8. The van der Waals surface area contributed by atoms with Gasteiger partial charge in [0.1, 0.15) is 0 Å². The van der Waals surface area contributed by atoms with Crippen molar-refractivity contribution >= 4 is 0 Å². The number of aliphatic hydroxyl groups excluding tert-OH is 1. The summed E-state index contributed by atoms with van der Waals surface area (Å²) >= 11 is 0. The lowest BCUT2D eigenvalue weighted by atomic mass is 9.92. The van der Waals surface area contributed by atoms with E-state index in [4.69, 9.17) is 0 Å². The van der Waals surface area contributed by atoms with Gasteiger partial charge in [0.05, 0.1) is 12.5 Å². The molecule has 2 N–H and O–H groups in total. The third-order valence-electron chi connectivity index (χ3n) is 3.93. The lowest BCUT2D eigenvalue weighted by molar-refractivity contribution is -0.139. The fourth-order valence-corrected chi connectivity index (χ4v) is 2.49. The maximum absolute atomic E-state index is 12.3. The molecule has 0 amide bonds. The summed E-state index contributed by atoms with van der Waals surface area (Å²) in [5.41, 5.74) is 0.525. The normalized spacial score (nSPS) is 20.4. The molecule has 1 aliphatic rings. The standard InChI is InChI=1S/C15H20F3NO/c1-11(9-15(16,17)18)19-10-14(7-8-14)13(20)12-5-3-2-4-6-12/h2-6,11,13,19-20H,7-10H2,1H3. The third kappa shape index (κ3) is 3.96. The maximum Gasteiger partial charge on any atom is 0.390 e. The second-order valence-corrected chi connectivity index (χ2v) is 5.78. The minimum atomic E-state index is -4.15. The van der Waals surface area contributed by atoms with Crippen LogP contribution in [0.15, 0.2) is 30.3 Å². The van der Waals surface area contributed by atoms with Gasteiger partial charge in [0.15, 0.2) is 0 Å². The van der Waals surface area contributed by atoms with Crippen LogP contribution >= 0.6 is 0 Å². The maximum atomic E-state index is 12.3. The molecule has 0 spiro atoms. The Morgan fingerprint density at radius 1 is 1.25 bits per heavy atom. The van der Waals surface area contributed by atoms with Gasteiger partial charge < -0.3 is 10.4 Å². The number of benzene rings is 1. The van der Waals surface area contributed by atoms with Crippen molar-refractivity contribution in [1.29, 1.82) is 0 Å². The monoisotopic (exact) mass is 287 g/mol. The first-order chi connectivity index (χ1) is 9.32. The summed E-state index contributed by atoms with van der Waals surface area (Å²) in [6.45, 7) is 1.94. The minimum absolute atomic E-state index is 0.304. The first-order valence-electron chi connectivity index (χ1n) is 6.86. The quantitative estimate of drug-likeness (QED) is 0.840. The molecule has 0 aromatic heterocycles. The molecule has 112 valence electrons. The van der Waals surface area contributed by atoms with Crippen LogP contribution in [0.2, 0.25) is 0 Å². The first-order valence-corrected chi connectivity index (χ1v) is 6.86. The average Bonchev–Trinajstić information content (AvgIpc) is 3.16. The fraction of sp³-hybridized carbons (Fsp3) is 0.600. The third-order valence-corrected chi connectivity index (χ3v) is 3.93. The Kier molecular flexibility index (Phi) is 4.39. The van der Waals surface area contributed by atoms with Gasteiger partial charge in [-0.1, -0.05) is 30.3 Å². The number of alkyl halides is 3. The van der Waals surface area contributed by atoms with Crippen LogP contribution in [-0.2, 0) is 0 Å². The Labute approximate surface area is 117 Å². The summed E-state index contributed by atoms with van der Waals surface area (Å²) in [6.07, 6.45) is -3.93. The molecule has 2 unspecified atom stereocenters. The SMILES string of the molecule is CC(CC(F)(F)F)NCC1(C(O)c2ccccc2)CC1. The second kappa shape index (κ2) is 5.74. The number of hydrogen-bond donors (Lipinski definition) is 2. The van der Waals surface area contributed by atoms with Crippen LogP contribution in [0, 0.1) is 5.41 Å². The summed E-state index contributed by atoms with van der Waals surface area (Å²) in [4.78, 5) is 0. The van der Waals surface area contributed by atoms with Crippen molar-refractivity contribution in [2.24, 2.45) is 5.41 Å². The molecule has 2 nitrogen and oxygen atoms in total. The zero-order valence-corrected chi connectivity index (χ0v) is 11.5. The highest BCUT2D eigenvalue weighted by atomic mass is 19.4. The Morgan fingerprint density at radius 2 is 1.85 bits per heavy atom. The van der Waals surface area contributed by atoms with Gasteiger partial charge in [-0.25, -0.2) is 0 Å². The number of rotatable bonds is 6. The van der Waals surface area contributed by atoms with E-state index in [1.54, 1.807) is 0 Å². The van der Waals surface area contributed by atoms with Crippen LogP contribution in [0.5, 0.6) is 0 Å². The zero-order chi connectivity index (χ0) is 14.8. The molecule has 2 rings (SSSR count). The predicted molar refractivity (Wildman–Crippen MR) is 71.2 cm³/mol. The van der Waals surface area contributed by atoms with Crippen molar-refractivity contribution in [1.82, 2.24) is 5.32 Å². The van der Waals surface area contributed by atoms with Crippen LogP contribution in [0.4, 0.5) is 13.2 Å². The van der Waals surface area contributed by atoms with E-state index in [0.717, 1.165) is 18.4 Å². The van der Waals surface area contributed by atoms with E-state index < -0.39 is 24.7 Å². The molecule has 0 saturated heterocycles. The predicted octanol–water partition coefficient (Wildman–Crippen LogP) is 3.43. The fourth-order valence-electron chi connectivity index (χ4n) is 2.49. The molecule has 0 radical (unpaired) electrons. The molecule has 5 heteroatoms. The average molecular weight is 287 g/mol. The van der Waals surface area contributed by atoms with Gasteiger partial charge >= 0.3 is 6.18 Å². The zero-order valence-electron chi connectivity index (χ0n) is 11.5. The van der Waals surface area contributed by atoms with E-state index in [-0.39, 0.29) is 5.41 Å². The van der Waals surface area contributed by atoms with E-state index in [9.17, 15) is 18.3 Å². The largest absolute Gasteiger partial charge is 0.390 e. The highest BCUT2D eigenvalue weighted by Gasteiger charge is 2.49. The van der Waals surface area contributed by atoms with Crippen molar-refractivity contribution in [2.45, 2.75) is 44.5 Å². The summed E-state index contributed by atoms with van der Waals surface area (Å²) in [5.74, 6) is 0. The van der Waals surface area contributed by atoms with Gasteiger partial charge in [0.2, 0.25) is 0 Å². The van der Waals surface area contributed by atoms with Crippen LogP contribution in [0.25, 0.3) is 0 Å². The van der Waals surface area contributed by atoms with E-state index >= 15 is 0 Å². The van der Waals surface area contributed by atoms with Crippen LogP contribution < -0.4 is 5.32 Å². The van der Waals surface area contributed by atoms with E-state index in [1.807, 2.05) is 30.3 Å². The van der Waals surface area contributed by atoms with Crippen molar-refractivity contribution in [3.05, 3.63) is 35.9 Å². The molecule has 1 saturated carbocycles. The Bertz CT molecular complexity index is 428. The summed E-state index contributed by atoms with van der Waals surface area (Å²) in [5, 5.41) is 13.3. The second-order valence-electron chi connectivity index (χ2n) is 5.78. The van der Waals surface area contributed by atoms with Crippen molar-refractivity contribution in [3.8, 4) is 0 Å². The molecule has 0 aliphatic heterocycles. The molecule has 0 bridgehead atoms. The van der Waals surface area contributed by atoms with Crippen molar-refractivity contribution in [2.75, 3.05) is 6.54 Å². The van der Waals surface area contributed by atoms with Crippen molar-refractivity contribution in [3.63, 3.8) is 0 Å². The van der Waals surface area contributed by atoms with Gasteiger partial charge in [0.25, 0.3) is 0 Å². The topological polar surface area (TPSA) is 32.3 Å². The van der Waals surface area contributed by atoms with E-state index in [2.05, 4.69) is 5.32 Å². The Morgan fingerprint density at radius 3 is 2.35 bits per heavy atom. The minimum Gasteiger partial charge on any atom is -0.388 e. The Hall–Kier alpha value is -1.07. The lowest BCUT2D eigenvalue weighted by Crippen LogP contribution is -2.37. The van der Waals surface area contributed by atoms with Gasteiger partial charge in [-0.05, 0) is 25.3 Å². The van der Waals surface area contributed by atoms with Gasteiger partial charge in [-0.2, -0.15) is 13.2 Å². The number of hydrogen-bond acceptors (Lipinski definition) is 2. The van der Waals surface area contributed by atoms with Crippen molar-refractivity contribution < 1.29 is 18.3 Å². The number of nitrogens with one attached hydrogen (secondary N) is 1. The number of aliphatic hydroxyl groups is 1. The smallest absolute Gasteiger partial charge is 0.388 e. The molecule has 1 aliphatic carbocycles. The highest BCUT2D eigenvalue weighted by Crippen LogP contribution is 2.54. The molecule has 2 atom stereocenters. The molecule has 1 aromatic rings. The molecule has 0 heterocycles. The van der Waals surface area contributed by atoms with Gasteiger partial charge in [-0.15, -0.1) is 0 Å². The van der Waals surface area contributed by atoms with Crippen LogP contribution in [-0.4, -0.2) is 23.9 Å². The summed E-state index contributed by atoms with van der Waals surface area (Å²) in [7, 11) is 0. The first kappa shape index (κ1) is 15.3. The Balaban J connectivity index is 1.89. The van der Waals surface area contributed by atoms with E-state index in [0.29, 0.717) is 6.54 Å². The number of halogens is 3. The molecular weight excluding hydrogens is 267 g/mol.